The number of nitrogens with zero attached hydrogens (tertiary/aromatic N) is 3. The topological polar surface area (TPSA) is 78.4 Å². The van der Waals surface area contributed by atoms with Crippen molar-refractivity contribution < 1.29 is 9.90 Å². The Bertz CT molecular complexity index is 1090. The number of halogens is 1. The lowest BCUT2D eigenvalue weighted by atomic mass is 9.92. The van der Waals surface area contributed by atoms with E-state index < -0.39 is 6.10 Å². The van der Waals surface area contributed by atoms with Gasteiger partial charge < -0.3 is 15.3 Å². The van der Waals surface area contributed by atoms with Crippen LogP contribution in [0, 0.1) is 6.92 Å². The number of aromatic nitrogens is 2. The Morgan fingerprint density at radius 2 is 2.03 bits per heavy atom. The summed E-state index contributed by atoms with van der Waals surface area (Å²) in [7, 11) is 1.97. The Kier molecular flexibility index (Phi) is 7.08. The molecule has 168 valence electrons. The summed E-state index contributed by atoms with van der Waals surface area (Å²) in [6.45, 7) is 2.60. The van der Waals surface area contributed by atoms with Crippen LogP contribution in [-0.4, -0.2) is 40.2 Å². The quantitative estimate of drug-likeness (QED) is 0.539. The van der Waals surface area contributed by atoms with E-state index in [1.54, 1.807) is 17.5 Å². The Balaban J connectivity index is 1.64. The molecular weight excluding hydrogens is 444 g/mol. The molecule has 1 amide bonds. The van der Waals surface area contributed by atoms with Gasteiger partial charge in [-0.1, -0.05) is 36.6 Å². The van der Waals surface area contributed by atoms with E-state index in [4.69, 9.17) is 11.6 Å². The Labute approximate surface area is 197 Å². The predicted octanol–water partition coefficient (Wildman–Crippen LogP) is 4.84. The highest BCUT2D eigenvalue weighted by atomic mass is 35.5. The third-order valence-corrected chi connectivity index (χ3v) is 6.93. The second-order valence-corrected chi connectivity index (χ2v) is 9.65. The fraction of sp³-hybridized carbons (Fsp3) is 0.375. The normalized spacial score (nSPS) is 18.4. The highest BCUT2D eigenvalue weighted by Crippen LogP contribution is 2.31. The molecule has 32 heavy (non-hydrogen) atoms. The molecule has 0 saturated heterocycles. The standard InChI is InChI=1S/C24H27ClN4O2S/c1-15-14-32-22(27-15)13-29(2)23-19(16-7-9-18(25)10-8-16)11-17(12-26-23)24(31)28-20-5-3-4-6-21(20)30/h7-12,14,20-21,30H,3-6,13H2,1-2H3,(H,28,31)/t20-,21-/m1/s1. The summed E-state index contributed by atoms with van der Waals surface area (Å²) >= 11 is 7.71. The second kappa shape index (κ2) is 9.98. The van der Waals surface area contributed by atoms with Crippen LogP contribution in [0.2, 0.25) is 5.02 Å². The smallest absolute Gasteiger partial charge is 0.253 e. The number of nitrogens with one attached hydrogen (secondary N) is 1. The summed E-state index contributed by atoms with van der Waals surface area (Å²) in [4.78, 5) is 24.2. The summed E-state index contributed by atoms with van der Waals surface area (Å²) in [5, 5.41) is 16.9. The molecule has 1 aliphatic carbocycles. The van der Waals surface area contributed by atoms with Crippen LogP contribution in [0.1, 0.15) is 46.7 Å². The van der Waals surface area contributed by atoms with Crippen molar-refractivity contribution in [2.24, 2.45) is 0 Å². The van der Waals surface area contributed by atoms with Gasteiger partial charge in [0.15, 0.2) is 0 Å². The van der Waals surface area contributed by atoms with Crippen LogP contribution in [0.25, 0.3) is 11.1 Å². The van der Waals surface area contributed by atoms with Crippen molar-refractivity contribution in [1.82, 2.24) is 15.3 Å². The average molecular weight is 471 g/mol. The SMILES string of the molecule is Cc1csc(CN(C)c2ncc(C(=O)N[C@@H]3CCCC[C@H]3O)cc2-c2ccc(Cl)cc2)n1. The summed E-state index contributed by atoms with van der Waals surface area (Å²) in [6.07, 6.45) is 4.62. The molecule has 6 nitrogen and oxygen atoms in total. The number of hydrogen-bond acceptors (Lipinski definition) is 6. The zero-order valence-electron chi connectivity index (χ0n) is 18.2. The number of aliphatic hydroxyl groups excluding tert-OH is 1. The number of rotatable bonds is 6. The van der Waals surface area contributed by atoms with E-state index in [-0.39, 0.29) is 11.9 Å². The van der Waals surface area contributed by atoms with Crippen molar-refractivity contribution in [3.8, 4) is 11.1 Å². The first-order valence-electron chi connectivity index (χ1n) is 10.8. The summed E-state index contributed by atoms with van der Waals surface area (Å²) in [6, 6.07) is 9.16. The molecule has 0 spiro atoms. The number of pyridine rings is 1. The highest BCUT2D eigenvalue weighted by molar-refractivity contribution is 7.09. The Morgan fingerprint density at radius 1 is 1.28 bits per heavy atom. The molecular formula is C24H27ClN4O2S. The molecule has 1 aliphatic rings. The van der Waals surface area contributed by atoms with Gasteiger partial charge in [-0.15, -0.1) is 11.3 Å². The molecule has 4 rings (SSSR count). The summed E-state index contributed by atoms with van der Waals surface area (Å²) < 4.78 is 0. The monoisotopic (exact) mass is 470 g/mol. The van der Waals surface area contributed by atoms with E-state index in [1.165, 1.54) is 0 Å². The molecule has 8 heteroatoms. The Hall–Kier alpha value is -2.48. The van der Waals surface area contributed by atoms with Crippen LogP contribution in [0.5, 0.6) is 0 Å². The number of aryl methyl sites for hydroxylation is 1. The highest BCUT2D eigenvalue weighted by Gasteiger charge is 2.25. The van der Waals surface area contributed by atoms with Crippen molar-refractivity contribution in [3.05, 3.63) is 63.2 Å². The molecule has 3 aromatic rings. The van der Waals surface area contributed by atoms with Crippen LogP contribution in [0.15, 0.2) is 41.9 Å². The van der Waals surface area contributed by atoms with Crippen LogP contribution in [0.4, 0.5) is 5.82 Å². The van der Waals surface area contributed by atoms with Crippen molar-refractivity contribution in [3.63, 3.8) is 0 Å². The van der Waals surface area contributed by atoms with E-state index in [1.807, 2.05) is 54.6 Å². The van der Waals surface area contributed by atoms with Crippen LogP contribution in [-0.2, 0) is 6.54 Å². The maximum Gasteiger partial charge on any atom is 0.253 e. The minimum Gasteiger partial charge on any atom is -0.391 e. The molecule has 2 atom stereocenters. The number of hydrogen-bond donors (Lipinski definition) is 2. The van der Waals surface area contributed by atoms with Crippen molar-refractivity contribution in [2.45, 2.75) is 51.3 Å². The van der Waals surface area contributed by atoms with Crippen molar-refractivity contribution in [1.29, 1.82) is 0 Å². The summed E-state index contributed by atoms with van der Waals surface area (Å²) in [5.74, 6) is 0.540. The molecule has 2 heterocycles. The van der Waals surface area contributed by atoms with Crippen molar-refractivity contribution in [2.75, 3.05) is 11.9 Å². The van der Waals surface area contributed by atoms with Gasteiger partial charge in [0.1, 0.15) is 10.8 Å². The van der Waals surface area contributed by atoms with Crippen LogP contribution >= 0.6 is 22.9 Å². The predicted molar refractivity (Wildman–Crippen MR) is 129 cm³/mol. The molecule has 2 aromatic heterocycles. The van der Waals surface area contributed by atoms with E-state index in [0.29, 0.717) is 17.1 Å². The minimum atomic E-state index is -0.497. The second-order valence-electron chi connectivity index (χ2n) is 8.27. The lowest BCUT2D eigenvalue weighted by molar-refractivity contribution is 0.0717. The van der Waals surface area contributed by atoms with Gasteiger partial charge >= 0.3 is 0 Å². The number of thiazole rings is 1. The van der Waals surface area contributed by atoms with E-state index in [2.05, 4.69) is 15.3 Å². The van der Waals surface area contributed by atoms with Gasteiger partial charge in [-0.05, 0) is 43.5 Å². The fourth-order valence-electron chi connectivity index (χ4n) is 4.01. The van der Waals surface area contributed by atoms with Gasteiger partial charge in [0.2, 0.25) is 0 Å². The first-order chi connectivity index (χ1) is 15.4. The third-order valence-electron chi connectivity index (χ3n) is 5.73. The summed E-state index contributed by atoms with van der Waals surface area (Å²) in [5.41, 5.74) is 3.23. The number of carbonyl (C=O) groups excluding carboxylic acids is 1. The van der Waals surface area contributed by atoms with Gasteiger partial charge in [-0.25, -0.2) is 9.97 Å². The Morgan fingerprint density at radius 3 is 2.72 bits per heavy atom. The lowest BCUT2D eigenvalue weighted by Gasteiger charge is -2.28. The molecule has 1 aromatic carbocycles. The zero-order chi connectivity index (χ0) is 22.7. The van der Waals surface area contributed by atoms with E-state index in [9.17, 15) is 9.90 Å². The molecule has 0 unspecified atom stereocenters. The van der Waals surface area contributed by atoms with Gasteiger partial charge in [0.05, 0.1) is 24.3 Å². The van der Waals surface area contributed by atoms with Gasteiger partial charge in [-0.2, -0.15) is 0 Å². The van der Waals surface area contributed by atoms with Crippen LogP contribution in [0.3, 0.4) is 0 Å². The zero-order valence-corrected chi connectivity index (χ0v) is 19.8. The fourth-order valence-corrected chi connectivity index (χ4v) is 4.96. The van der Waals surface area contributed by atoms with Gasteiger partial charge in [0, 0.05) is 34.9 Å². The molecule has 0 bridgehead atoms. The average Bonchev–Trinajstić information content (AvgIpc) is 3.20. The molecule has 1 fully saturated rings. The van der Waals surface area contributed by atoms with Gasteiger partial charge in [-0.3, -0.25) is 4.79 Å². The lowest BCUT2D eigenvalue weighted by Crippen LogP contribution is -2.45. The number of carbonyl (C=O) groups is 1. The molecule has 1 saturated carbocycles. The third kappa shape index (κ3) is 5.28. The van der Waals surface area contributed by atoms with Crippen LogP contribution < -0.4 is 10.2 Å². The first-order valence-corrected chi connectivity index (χ1v) is 12.0. The molecule has 2 N–H and O–H groups in total. The number of aliphatic hydroxyl groups is 1. The molecule has 0 radical (unpaired) electrons. The van der Waals surface area contributed by atoms with E-state index >= 15 is 0 Å². The maximum atomic E-state index is 13.0. The minimum absolute atomic E-state index is 0.217. The van der Waals surface area contributed by atoms with Gasteiger partial charge in [0.25, 0.3) is 5.91 Å². The largest absolute Gasteiger partial charge is 0.391 e. The number of benzene rings is 1. The molecule has 0 aliphatic heterocycles. The number of anilines is 1. The maximum absolute atomic E-state index is 13.0. The van der Waals surface area contributed by atoms with Crippen molar-refractivity contribution >= 4 is 34.7 Å². The number of amides is 1. The van der Waals surface area contributed by atoms with E-state index in [0.717, 1.165) is 53.3 Å². The first kappa shape index (κ1) is 22.7.